The van der Waals surface area contributed by atoms with Crippen LogP contribution in [0.1, 0.15) is 10.6 Å². The summed E-state index contributed by atoms with van der Waals surface area (Å²) in [4.78, 5) is 16.4. The van der Waals surface area contributed by atoms with Crippen LogP contribution in [0.5, 0.6) is 0 Å². The van der Waals surface area contributed by atoms with Gasteiger partial charge in [0.2, 0.25) is 5.91 Å². The molecule has 0 spiro atoms. The van der Waals surface area contributed by atoms with Crippen molar-refractivity contribution in [1.82, 2.24) is 4.98 Å². The number of halogens is 1. The van der Waals surface area contributed by atoms with Crippen molar-refractivity contribution in [3.05, 3.63) is 64.1 Å². The molecule has 0 saturated heterocycles. The number of hydrogen-bond donors (Lipinski definition) is 1. The third-order valence-corrected chi connectivity index (χ3v) is 4.54. The van der Waals surface area contributed by atoms with E-state index in [-0.39, 0.29) is 5.91 Å². The number of thiazole rings is 1. The van der Waals surface area contributed by atoms with Gasteiger partial charge in [0.25, 0.3) is 0 Å². The number of amides is 1. The summed E-state index contributed by atoms with van der Waals surface area (Å²) in [6.45, 7) is 1.92. The quantitative estimate of drug-likeness (QED) is 0.694. The van der Waals surface area contributed by atoms with E-state index in [4.69, 9.17) is 11.6 Å². The van der Waals surface area contributed by atoms with Crippen LogP contribution in [0, 0.1) is 6.92 Å². The summed E-state index contributed by atoms with van der Waals surface area (Å²) in [5.74, 6) is -0.209. The zero-order chi connectivity index (χ0) is 15.5. The second kappa shape index (κ2) is 6.30. The number of benzene rings is 2. The number of rotatable bonds is 3. The van der Waals surface area contributed by atoms with Crippen LogP contribution < -0.4 is 5.32 Å². The van der Waals surface area contributed by atoms with Crippen molar-refractivity contribution < 1.29 is 4.79 Å². The van der Waals surface area contributed by atoms with Crippen molar-refractivity contribution in [3.63, 3.8) is 0 Å². The Morgan fingerprint density at radius 2 is 2.09 bits per heavy atom. The molecule has 2 aromatic carbocycles. The topological polar surface area (TPSA) is 42.0 Å². The highest BCUT2D eigenvalue weighted by Crippen LogP contribution is 2.23. The van der Waals surface area contributed by atoms with E-state index in [9.17, 15) is 4.79 Å². The molecule has 22 heavy (non-hydrogen) atoms. The van der Waals surface area contributed by atoms with Gasteiger partial charge < -0.3 is 5.32 Å². The molecule has 0 aliphatic rings. The van der Waals surface area contributed by atoms with Crippen molar-refractivity contribution in [3.8, 4) is 0 Å². The Morgan fingerprint density at radius 1 is 1.27 bits per heavy atom. The van der Waals surface area contributed by atoms with E-state index in [0.717, 1.165) is 20.8 Å². The summed E-state index contributed by atoms with van der Waals surface area (Å²) in [7, 11) is 0. The van der Waals surface area contributed by atoms with Crippen molar-refractivity contribution in [2.75, 3.05) is 5.32 Å². The first kappa shape index (κ1) is 14.8. The predicted molar refractivity (Wildman–Crippen MR) is 93.5 cm³/mol. The number of aromatic nitrogens is 1. The van der Waals surface area contributed by atoms with E-state index < -0.39 is 0 Å². The van der Waals surface area contributed by atoms with Gasteiger partial charge in [-0.25, -0.2) is 4.98 Å². The zero-order valence-electron chi connectivity index (χ0n) is 11.8. The molecule has 0 bridgehead atoms. The van der Waals surface area contributed by atoms with Gasteiger partial charge in [-0.15, -0.1) is 11.3 Å². The van der Waals surface area contributed by atoms with Gasteiger partial charge >= 0.3 is 0 Å². The molecule has 0 atom stereocenters. The summed E-state index contributed by atoms with van der Waals surface area (Å²) in [5.41, 5.74) is 2.59. The molecule has 0 unspecified atom stereocenters. The highest BCUT2D eigenvalue weighted by molar-refractivity contribution is 7.19. The van der Waals surface area contributed by atoms with Gasteiger partial charge in [-0.3, -0.25) is 4.79 Å². The van der Waals surface area contributed by atoms with Crippen LogP contribution in [0.25, 0.3) is 16.3 Å². The van der Waals surface area contributed by atoms with Crippen molar-refractivity contribution in [2.24, 2.45) is 0 Å². The fraction of sp³-hybridized carbons (Fsp3) is 0.0588. The highest BCUT2D eigenvalue weighted by Gasteiger charge is 2.03. The molecular formula is C17H13ClN2OS. The largest absolute Gasteiger partial charge is 0.322 e. The van der Waals surface area contributed by atoms with E-state index in [1.165, 1.54) is 6.08 Å². The number of nitrogens with zero attached hydrogens (tertiary/aromatic N) is 1. The Hall–Kier alpha value is -2.17. The predicted octanol–water partition coefficient (Wildman–Crippen LogP) is 4.91. The smallest absolute Gasteiger partial charge is 0.248 e. The van der Waals surface area contributed by atoms with Gasteiger partial charge in [-0.05, 0) is 42.8 Å². The first-order valence-electron chi connectivity index (χ1n) is 6.72. The molecule has 0 radical (unpaired) electrons. The van der Waals surface area contributed by atoms with Crippen molar-refractivity contribution in [2.45, 2.75) is 6.92 Å². The summed E-state index contributed by atoms with van der Waals surface area (Å²) in [6, 6.07) is 13.3. The second-order valence-corrected chi connectivity index (χ2v) is 6.28. The van der Waals surface area contributed by atoms with Crippen LogP contribution in [0.4, 0.5) is 5.69 Å². The first-order valence-corrected chi connectivity index (χ1v) is 7.92. The maximum absolute atomic E-state index is 11.9. The Balaban J connectivity index is 1.71. The molecule has 0 fully saturated rings. The Labute approximate surface area is 137 Å². The SMILES string of the molecule is Cc1ccc(NC(=O)/C=C/c2nc3ccccc3s2)cc1Cl. The van der Waals surface area contributed by atoms with E-state index >= 15 is 0 Å². The zero-order valence-corrected chi connectivity index (χ0v) is 13.4. The number of nitrogens with one attached hydrogen (secondary N) is 1. The number of fused-ring (bicyclic) bond motifs is 1. The van der Waals surface area contributed by atoms with Crippen LogP contribution in [0.2, 0.25) is 5.02 Å². The molecule has 3 nitrogen and oxygen atoms in total. The molecule has 3 rings (SSSR count). The molecular weight excluding hydrogens is 316 g/mol. The van der Waals surface area contributed by atoms with Crippen LogP contribution >= 0.6 is 22.9 Å². The molecule has 1 amide bonds. The lowest BCUT2D eigenvalue weighted by atomic mass is 10.2. The fourth-order valence-electron chi connectivity index (χ4n) is 1.96. The monoisotopic (exact) mass is 328 g/mol. The number of hydrogen-bond acceptors (Lipinski definition) is 3. The average Bonchev–Trinajstić information content (AvgIpc) is 2.92. The minimum atomic E-state index is -0.209. The van der Waals surface area contributed by atoms with Gasteiger partial charge in [-0.1, -0.05) is 29.8 Å². The maximum atomic E-state index is 11.9. The number of anilines is 1. The summed E-state index contributed by atoms with van der Waals surface area (Å²) in [6.07, 6.45) is 3.20. The lowest BCUT2D eigenvalue weighted by Crippen LogP contribution is -2.07. The van der Waals surface area contributed by atoms with Gasteiger partial charge in [0.05, 0.1) is 10.2 Å². The Kier molecular flexibility index (Phi) is 4.22. The van der Waals surface area contributed by atoms with Crippen molar-refractivity contribution >= 4 is 50.8 Å². The normalized spacial score (nSPS) is 11.2. The maximum Gasteiger partial charge on any atom is 0.248 e. The van der Waals surface area contributed by atoms with Crippen LogP contribution in [-0.2, 0) is 4.79 Å². The summed E-state index contributed by atoms with van der Waals surface area (Å²) in [5, 5.41) is 4.22. The molecule has 0 saturated carbocycles. The molecule has 0 aliphatic heterocycles. The first-order chi connectivity index (χ1) is 10.6. The lowest BCUT2D eigenvalue weighted by molar-refractivity contribution is -0.111. The average molecular weight is 329 g/mol. The minimum Gasteiger partial charge on any atom is -0.322 e. The molecule has 0 aliphatic carbocycles. The summed E-state index contributed by atoms with van der Waals surface area (Å²) < 4.78 is 1.10. The van der Waals surface area contributed by atoms with Crippen molar-refractivity contribution in [1.29, 1.82) is 0 Å². The number of aryl methyl sites for hydroxylation is 1. The Bertz CT molecular complexity index is 837. The number of carbonyl (C=O) groups excluding carboxylic acids is 1. The number of carbonyl (C=O) groups is 1. The second-order valence-electron chi connectivity index (χ2n) is 4.81. The van der Waals surface area contributed by atoms with Crippen LogP contribution in [0.15, 0.2) is 48.5 Å². The fourth-order valence-corrected chi connectivity index (χ4v) is 3.01. The molecule has 110 valence electrons. The van der Waals surface area contributed by atoms with Gasteiger partial charge in [0.1, 0.15) is 5.01 Å². The molecule has 1 heterocycles. The van der Waals surface area contributed by atoms with Crippen LogP contribution in [0.3, 0.4) is 0 Å². The standard InChI is InChI=1S/C17H13ClN2OS/c1-11-6-7-12(10-13(11)18)19-16(21)8-9-17-20-14-4-2-3-5-15(14)22-17/h2-10H,1H3,(H,19,21)/b9-8+. The van der Waals surface area contributed by atoms with Gasteiger partial charge in [-0.2, -0.15) is 0 Å². The minimum absolute atomic E-state index is 0.209. The third kappa shape index (κ3) is 3.35. The number of para-hydroxylation sites is 1. The van der Waals surface area contributed by atoms with Gasteiger partial charge in [0, 0.05) is 16.8 Å². The third-order valence-electron chi connectivity index (χ3n) is 3.13. The molecule has 3 aromatic rings. The van der Waals surface area contributed by atoms with Crippen LogP contribution in [-0.4, -0.2) is 10.9 Å². The van der Waals surface area contributed by atoms with Gasteiger partial charge in [0.15, 0.2) is 0 Å². The van der Waals surface area contributed by atoms with E-state index in [0.29, 0.717) is 10.7 Å². The molecule has 5 heteroatoms. The van der Waals surface area contributed by atoms with E-state index in [2.05, 4.69) is 10.3 Å². The molecule has 1 N–H and O–H groups in total. The van der Waals surface area contributed by atoms with E-state index in [1.807, 2.05) is 43.3 Å². The summed E-state index contributed by atoms with van der Waals surface area (Å²) >= 11 is 7.59. The lowest BCUT2D eigenvalue weighted by Gasteiger charge is -2.04. The van der Waals surface area contributed by atoms with E-state index in [1.54, 1.807) is 23.5 Å². The molecule has 1 aromatic heterocycles. The highest BCUT2D eigenvalue weighted by atomic mass is 35.5. The Morgan fingerprint density at radius 3 is 2.86 bits per heavy atom.